The number of nitrogens with zero attached hydrogens (tertiary/aromatic N) is 1. The third-order valence-electron chi connectivity index (χ3n) is 5.18. The van der Waals surface area contributed by atoms with Gasteiger partial charge in [-0.1, -0.05) is 0 Å². The average Bonchev–Trinajstić information content (AvgIpc) is 2.35. The molecule has 98 valence electrons. The summed E-state index contributed by atoms with van der Waals surface area (Å²) in [5, 5.41) is 0. The molecule has 1 heteroatoms. The first kappa shape index (κ1) is 13.2. The van der Waals surface area contributed by atoms with Crippen LogP contribution in [0.15, 0.2) is 5.70 Å². The Morgan fingerprint density at radius 1 is 0.778 bits per heavy atom. The van der Waals surface area contributed by atoms with Gasteiger partial charge < -0.3 is 4.90 Å². The van der Waals surface area contributed by atoms with Crippen molar-refractivity contribution < 1.29 is 0 Å². The summed E-state index contributed by atoms with van der Waals surface area (Å²) in [7, 11) is 2.20. The maximum atomic E-state index is 2.40. The molecule has 0 saturated heterocycles. The Hall–Kier alpha value is -1.24. The van der Waals surface area contributed by atoms with Crippen molar-refractivity contribution in [3.05, 3.63) is 39.1 Å². The smallest absolute Gasteiger partial charge is 0.0516 e. The Morgan fingerprint density at radius 3 is 1.83 bits per heavy atom. The molecule has 0 fully saturated rings. The third kappa shape index (κ3) is 1.53. The largest absolute Gasteiger partial charge is 0.371 e. The summed E-state index contributed by atoms with van der Waals surface area (Å²) in [6, 6.07) is 0.474. The van der Waals surface area contributed by atoms with Gasteiger partial charge >= 0.3 is 0 Å². The van der Waals surface area contributed by atoms with Gasteiger partial charge in [0.2, 0.25) is 0 Å². The summed E-state index contributed by atoms with van der Waals surface area (Å²) < 4.78 is 0. The van der Waals surface area contributed by atoms with Gasteiger partial charge in [-0.2, -0.15) is 0 Å². The number of fused-ring (bicyclic) bond motifs is 1. The molecule has 1 nitrogen and oxygen atoms in total. The minimum Gasteiger partial charge on any atom is -0.371 e. The van der Waals surface area contributed by atoms with E-state index in [1.165, 1.54) is 44.7 Å². The van der Waals surface area contributed by atoms with E-state index in [0.717, 1.165) is 0 Å². The van der Waals surface area contributed by atoms with Crippen LogP contribution in [0, 0.1) is 27.7 Å². The van der Waals surface area contributed by atoms with Crippen LogP contribution in [0.3, 0.4) is 0 Å². The van der Waals surface area contributed by atoms with Gasteiger partial charge in [0.15, 0.2) is 0 Å². The quantitative estimate of drug-likeness (QED) is 0.639. The lowest BCUT2D eigenvalue weighted by molar-refractivity contribution is 0.324. The zero-order valence-electron chi connectivity index (χ0n) is 13.0. The van der Waals surface area contributed by atoms with E-state index < -0.39 is 0 Å². The van der Waals surface area contributed by atoms with Gasteiger partial charge in [-0.25, -0.2) is 0 Å². The van der Waals surface area contributed by atoms with Gasteiger partial charge in [0, 0.05) is 12.7 Å². The minimum atomic E-state index is 0.474. The van der Waals surface area contributed by atoms with E-state index in [4.69, 9.17) is 0 Å². The number of allylic oxidation sites excluding steroid dienone is 2. The molecule has 0 amide bonds. The van der Waals surface area contributed by atoms with Crippen LogP contribution in [0.1, 0.15) is 60.2 Å². The molecular weight excluding hydrogens is 218 g/mol. The zero-order valence-corrected chi connectivity index (χ0v) is 13.0. The summed E-state index contributed by atoms with van der Waals surface area (Å²) in [4.78, 5) is 2.40. The molecule has 1 aliphatic rings. The summed E-state index contributed by atoms with van der Waals surface area (Å²) in [6.07, 6.45) is 0. The standard InChI is InChI=1S/C17H25N/c1-9-10(2)12(4)17-15(7)18(8)14(6)13(5)16(17)11(9)3/h15H,1-8H3. The molecule has 1 unspecified atom stereocenters. The minimum absolute atomic E-state index is 0.474. The fourth-order valence-corrected chi connectivity index (χ4v) is 3.28. The molecule has 0 aliphatic carbocycles. The number of rotatable bonds is 0. The molecule has 1 aromatic carbocycles. The molecule has 0 N–H and O–H groups in total. The number of benzene rings is 1. The second-order valence-corrected chi connectivity index (χ2v) is 5.79. The molecule has 0 spiro atoms. The first-order valence-corrected chi connectivity index (χ1v) is 6.80. The first-order valence-electron chi connectivity index (χ1n) is 6.80. The Kier molecular flexibility index (Phi) is 3.04. The van der Waals surface area contributed by atoms with Crippen molar-refractivity contribution in [2.24, 2.45) is 0 Å². The molecule has 0 bridgehead atoms. The second-order valence-electron chi connectivity index (χ2n) is 5.79. The van der Waals surface area contributed by atoms with Crippen LogP contribution in [0.5, 0.6) is 0 Å². The average molecular weight is 243 g/mol. The van der Waals surface area contributed by atoms with Gasteiger partial charge in [0.25, 0.3) is 0 Å². The first-order chi connectivity index (χ1) is 8.29. The highest BCUT2D eigenvalue weighted by atomic mass is 15.1. The number of hydrogen-bond acceptors (Lipinski definition) is 1. The van der Waals surface area contributed by atoms with Crippen LogP contribution < -0.4 is 0 Å². The predicted molar refractivity (Wildman–Crippen MR) is 79.8 cm³/mol. The monoisotopic (exact) mass is 243 g/mol. The van der Waals surface area contributed by atoms with E-state index >= 15 is 0 Å². The Balaban J connectivity index is 2.92. The highest BCUT2D eigenvalue weighted by Gasteiger charge is 2.28. The Morgan fingerprint density at radius 2 is 1.28 bits per heavy atom. The molecule has 0 saturated carbocycles. The van der Waals surface area contributed by atoms with Crippen molar-refractivity contribution in [1.29, 1.82) is 0 Å². The van der Waals surface area contributed by atoms with Crippen LogP contribution in [0.4, 0.5) is 0 Å². The predicted octanol–water partition coefficient (Wildman–Crippen LogP) is 4.68. The van der Waals surface area contributed by atoms with E-state index in [2.05, 4.69) is 60.4 Å². The topological polar surface area (TPSA) is 3.24 Å². The summed E-state index contributed by atoms with van der Waals surface area (Å²) in [6.45, 7) is 15.9. The lowest BCUT2D eigenvalue weighted by Gasteiger charge is -2.38. The van der Waals surface area contributed by atoms with Crippen LogP contribution in [-0.4, -0.2) is 11.9 Å². The maximum absolute atomic E-state index is 2.40. The molecule has 1 heterocycles. The fourth-order valence-electron chi connectivity index (χ4n) is 3.28. The van der Waals surface area contributed by atoms with Crippen molar-refractivity contribution in [3.8, 4) is 0 Å². The summed E-state index contributed by atoms with van der Waals surface area (Å²) in [5.74, 6) is 0. The Labute approximate surface area is 112 Å². The molecule has 0 aromatic heterocycles. The van der Waals surface area contributed by atoms with Crippen molar-refractivity contribution in [3.63, 3.8) is 0 Å². The molecular formula is C17H25N. The van der Waals surface area contributed by atoms with Crippen LogP contribution in [0.2, 0.25) is 0 Å². The van der Waals surface area contributed by atoms with Gasteiger partial charge in [-0.15, -0.1) is 0 Å². The van der Waals surface area contributed by atoms with Crippen LogP contribution in [0.25, 0.3) is 5.57 Å². The molecule has 1 atom stereocenters. The summed E-state index contributed by atoms with van der Waals surface area (Å²) in [5.41, 5.74) is 11.7. The maximum Gasteiger partial charge on any atom is 0.0516 e. The summed E-state index contributed by atoms with van der Waals surface area (Å²) >= 11 is 0. The third-order valence-corrected chi connectivity index (χ3v) is 5.18. The van der Waals surface area contributed by atoms with Crippen LogP contribution >= 0.6 is 0 Å². The van der Waals surface area contributed by atoms with E-state index in [0.29, 0.717) is 6.04 Å². The molecule has 1 aromatic rings. The SMILES string of the molecule is CC1=C(C)N(C)C(C)c2c(C)c(C)c(C)c(C)c21. The molecule has 1 aliphatic heterocycles. The molecule has 18 heavy (non-hydrogen) atoms. The number of hydrogen-bond donors (Lipinski definition) is 0. The zero-order chi connectivity index (χ0) is 13.8. The molecule has 2 rings (SSSR count). The van der Waals surface area contributed by atoms with Gasteiger partial charge in [-0.05, 0) is 87.4 Å². The molecule has 0 radical (unpaired) electrons. The highest BCUT2D eigenvalue weighted by molar-refractivity contribution is 5.76. The van der Waals surface area contributed by atoms with E-state index in [9.17, 15) is 0 Å². The second kappa shape index (κ2) is 4.15. The normalized spacial score (nSPS) is 19.3. The Bertz CT molecular complexity index is 549. The van der Waals surface area contributed by atoms with Crippen molar-refractivity contribution in [2.45, 2.75) is 54.5 Å². The fraction of sp³-hybridized carbons (Fsp3) is 0.529. The van der Waals surface area contributed by atoms with E-state index in [1.807, 2.05) is 0 Å². The lowest BCUT2D eigenvalue weighted by atomic mass is 9.80. The van der Waals surface area contributed by atoms with Crippen LogP contribution in [-0.2, 0) is 0 Å². The van der Waals surface area contributed by atoms with Gasteiger partial charge in [0.05, 0.1) is 6.04 Å². The highest BCUT2D eigenvalue weighted by Crippen LogP contribution is 2.42. The van der Waals surface area contributed by atoms with Gasteiger partial charge in [0.1, 0.15) is 0 Å². The van der Waals surface area contributed by atoms with E-state index in [-0.39, 0.29) is 0 Å². The van der Waals surface area contributed by atoms with Gasteiger partial charge in [-0.3, -0.25) is 0 Å². The van der Waals surface area contributed by atoms with E-state index in [1.54, 1.807) is 0 Å². The lowest BCUT2D eigenvalue weighted by Crippen LogP contribution is -2.28. The van der Waals surface area contributed by atoms with Crippen molar-refractivity contribution in [1.82, 2.24) is 4.90 Å². The van der Waals surface area contributed by atoms with Crippen molar-refractivity contribution >= 4 is 5.57 Å². The van der Waals surface area contributed by atoms with Crippen molar-refractivity contribution in [2.75, 3.05) is 7.05 Å².